The zero-order valence-electron chi connectivity index (χ0n) is 13.4. The number of benzene rings is 1. The third kappa shape index (κ3) is 7.33. The predicted molar refractivity (Wildman–Crippen MR) is 85.3 cm³/mol. The first-order valence-electron chi connectivity index (χ1n) is 7.64. The normalized spacial score (nSPS) is 14.8. The number of carboxylic acid groups (broad SMARTS) is 1. The maximum Gasteiger partial charge on any atom is 0.303 e. The average molecular weight is 307 g/mol. The van der Waals surface area contributed by atoms with Gasteiger partial charge in [0, 0.05) is 25.1 Å². The van der Waals surface area contributed by atoms with Gasteiger partial charge < -0.3 is 9.84 Å². The van der Waals surface area contributed by atoms with Gasteiger partial charge in [-0.25, -0.2) is 0 Å². The van der Waals surface area contributed by atoms with Gasteiger partial charge in [-0.05, 0) is 13.5 Å². The van der Waals surface area contributed by atoms with Crippen LogP contribution in [0.5, 0.6) is 0 Å². The molecule has 0 aromatic heterocycles. The van der Waals surface area contributed by atoms with E-state index in [0.717, 1.165) is 31.9 Å². The zero-order chi connectivity index (χ0) is 16.4. The molecular weight excluding hydrogens is 282 g/mol. The number of aryl methyl sites for hydroxylation is 1. The van der Waals surface area contributed by atoms with Crippen LogP contribution in [0.1, 0.15) is 35.7 Å². The van der Waals surface area contributed by atoms with Crippen molar-refractivity contribution >= 4 is 11.8 Å². The summed E-state index contributed by atoms with van der Waals surface area (Å²) in [5, 5.41) is 8.40. The van der Waals surface area contributed by atoms with Gasteiger partial charge in [0.2, 0.25) is 0 Å². The maximum atomic E-state index is 11.4. The van der Waals surface area contributed by atoms with Gasteiger partial charge in [0.25, 0.3) is 0 Å². The second kappa shape index (κ2) is 10.1. The molecule has 0 saturated carbocycles. The highest BCUT2D eigenvalue weighted by molar-refractivity contribution is 5.97. The molecule has 22 heavy (non-hydrogen) atoms. The van der Waals surface area contributed by atoms with Gasteiger partial charge >= 0.3 is 5.97 Å². The minimum absolute atomic E-state index is 0.0679. The van der Waals surface area contributed by atoms with Crippen LogP contribution in [0.3, 0.4) is 0 Å². The predicted octanol–water partition coefficient (Wildman–Crippen LogP) is 2.38. The van der Waals surface area contributed by atoms with E-state index in [4.69, 9.17) is 9.84 Å². The number of Topliss-reactive ketones (excluding diaryl/α,β-unsaturated/α-hetero) is 1. The van der Waals surface area contributed by atoms with Crippen molar-refractivity contribution in [3.05, 3.63) is 35.4 Å². The molecule has 0 radical (unpaired) electrons. The summed E-state index contributed by atoms with van der Waals surface area (Å²) in [6.07, 6.45) is -0.0366. The van der Waals surface area contributed by atoms with E-state index in [1.165, 1.54) is 6.54 Å². The Morgan fingerprint density at radius 1 is 1.14 bits per heavy atom. The molecular formula is C17H25NO4. The van der Waals surface area contributed by atoms with E-state index in [-0.39, 0.29) is 18.6 Å². The van der Waals surface area contributed by atoms with Crippen LogP contribution in [0.2, 0.25) is 0 Å². The molecule has 2 rings (SSSR count). The first-order chi connectivity index (χ1) is 10.5. The van der Waals surface area contributed by atoms with Crippen molar-refractivity contribution in [1.82, 2.24) is 4.90 Å². The minimum Gasteiger partial charge on any atom is -0.481 e. The van der Waals surface area contributed by atoms with E-state index >= 15 is 0 Å². The summed E-state index contributed by atoms with van der Waals surface area (Å²) in [6.45, 7) is 9.38. The Kier molecular flexibility index (Phi) is 8.40. The third-order valence-corrected chi connectivity index (χ3v) is 3.49. The number of hydrogen-bond acceptors (Lipinski definition) is 4. The summed E-state index contributed by atoms with van der Waals surface area (Å²) in [4.78, 5) is 24.0. The van der Waals surface area contributed by atoms with Crippen LogP contribution in [0.4, 0.5) is 0 Å². The number of carbonyl (C=O) groups is 2. The van der Waals surface area contributed by atoms with Crippen LogP contribution in [0.25, 0.3) is 0 Å². The molecule has 1 aliphatic rings. The van der Waals surface area contributed by atoms with Gasteiger partial charge in [0.15, 0.2) is 5.78 Å². The van der Waals surface area contributed by atoms with E-state index in [1.54, 1.807) is 12.1 Å². The summed E-state index contributed by atoms with van der Waals surface area (Å²) < 4.78 is 5.16. The Balaban J connectivity index is 0.000000255. The topological polar surface area (TPSA) is 66.8 Å². The number of ketones is 1. The second-order valence-corrected chi connectivity index (χ2v) is 5.23. The molecule has 0 atom stereocenters. The number of aliphatic carboxylic acids is 1. The van der Waals surface area contributed by atoms with Crippen molar-refractivity contribution in [3.63, 3.8) is 0 Å². The summed E-state index contributed by atoms with van der Waals surface area (Å²) in [5.41, 5.74) is 1.66. The number of hydrogen-bond donors (Lipinski definition) is 1. The fourth-order valence-electron chi connectivity index (χ4n) is 2.02. The van der Waals surface area contributed by atoms with E-state index in [1.807, 2.05) is 19.1 Å². The Morgan fingerprint density at radius 2 is 1.73 bits per heavy atom. The minimum atomic E-state index is -0.939. The van der Waals surface area contributed by atoms with Crippen LogP contribution < -0.4 is 0 Å². The fourth-order valence-corrected chi connectivity index (χ4v) is 2.02. The monoisotopic (exact) mass is 307 g/mol. The number of likely N-dealkylation sites (N-methyl/N-ethyl adjacent to an activating group) is 1. The molecule has 0 amide bonds. The summed E-state index contributed by atoms with van der Waals surface area (Å²) in [7, 11) is 0. The highest BCUT2D eigenvalue weighted by atomic mass is 16.5. The molecule has 1 saturated heterocycles. The third-order valence-electron chi connectivity index (χ3n) is 3.49. The summed E-state index contributed by atoms with van der Waals surface area (Å²) in [5.74, 6) is -1.06. The molecule has 0 spiro atoms. The molecule has 1 aromatic rings. The van der Waals surface area contributed by atoms with Gasteiger partial charge in [0.05, 0.1) is 19.6 Å². The van der Waals surface area contributed by atoms with Gasteiger partial charge in [-0.15, -0.1) is 0 Å². The summed E-state index contributed by atoms with van der Waals surface area (Å²) >= 11 is 0. The molecule has 5 nitrogen and oxygen atoms in total. The highest BCUT2D eigenvalue weighted by Gasteiger charge is 2.07. The molecule has 1 aliphatic heterocycles. The molecule has 1 fully saturated rings. The largest absolute Gasteiger partial charge is 0.481 e. The maximum absolute atomic E-state index is 11.4. The smallest absolute Gasteiger partial charge is 0.303 e. The van der Waals surface area contributed by atoms with Crippen molar-refractivity contribution in [2.45, 2.75) is 26.7 Å². The second-order valence-electron chi connectivity index (χ2n) is 5.23. The molecule has 5 heteroatoms. The molecule has 1 aromatic carbocycles. The van der Waals surface area contributed by atoms with Crippen molar-refractivity contribution in [2.75, 3.05) is 32.8 Å². The van der Waals surface area contributed by atoms with Crippen LogP contribution in [-0.4, -0.2) is 54.6 Å². The Labute approximate surface area is 131 Å². The number of carbonyl (C=O) groups excluding carboxylic acids is 1. The molecule has 0 bridgehead atoms. The van der Waals surface area contributed by atoms with E-state index < -0.39 is 5.97 Å². The molecule has 0 unspecified atom stereocenters. The van der Waals surface area contributed by atoms with Gasteiger partial charge in [0.1, 0.15) is 0 Å². The Morgan fingerprint density at radius 3 is 2.18 bits per heavy atom. The van der Waals surface area contributed by atoms with Gasteiger partial charge in [-0.2, -0.15) is 0 Å². The van der Waals surface area contributed by atoms with Crippen molar-refractivity contribution in [3.8, 4) is 0 Å². The number of ether oxygens (including phenoxy) is 1. The molecule has 1 N–H and O–H groups in total. The van der Waals surface area contributed by atoms with Gasteiger partial charge in [-0.1, -0.05) is 36.8 Å². The Bertz CT molecular complexity index is 464. The van der Waals surface area contributed by atoms with Crippen molar-refractivity contribution in [2.24, 2.45) is 0 Å². The van der Waals surface area contributed by atoms with Crippen LogP contribution in [-0.2, 0) is 9.53 Å². The lowest BCUT2D eigenvalue weighted by Gasteiger charge is -2.24. The number of morpholine rings is 1. The zero-order valence-corrected chi connectivity index (χ0v) is 13.4. The lowest BCUT2D eigenvalue weighted by Crippen LogP contribution is -2.35. The average Bonchev–Trinajstić information content (AvgIpc) is 2.54. The molecule has 0 aliphatic carbocycles. The first kappa shape index (κ1) is 18.3. The molecule has 1 heterocycles. The van der Waals surface area contributed by atoms with Crippen molar-refractivity contribution < 1.29 is 19.4 Å². The van der Waals surface area contributed by atoms with E-state index in [0.29, 0.717) is 5.56 Å². The fraction of sp³-hybridized carbons (Fsp3) is 0.529. The lowest BCUT2D eigenvalue weighted by atomic mass is 10.1. The number of nitrogens with zero attached hydrogens (tertiary/aromatic N) is 1. The van der Waals surface area contributed by atoms with Crippen LogP contribution in [0, 0.1) is 6.92 Å². The van der Waals surface area contributed by atoms with Crippen LogP contribution >= 0.6 is 0 Å². The summed E-state index contributed by atoms with van der Waals surface area (Å²) in [6, 6.07) is 7.13. The molecule has 122 valence electrons. The standard InChI is InChI=1S/C11H12O3.C6H13NO/c1-8-2-4-9(5-3-8)10(12)6-7-11(13)14;1-2-7-3-5-8-6-4-7/h2-5H,6-7H2,1H3,(H,13,14);2-6H2,1H3. The number of carboxylic acids is 1. The van der Waals surface area contributed by atoms with Crippen molar-refractivity contribution in [1.29, 1.82) is 0 Å². The highest BCUT2D eigenvalue weighted by Crippen LogP contribution is 2.07. The van der Waals surface area contributed by atoms with E-state index in [9.17, 15) is 9.59 Å². The number of rotatable bonds is 5. The van der Waals surface area contributed by atoms with E-state index in [2.05, 4.69) is 11.8 Å². The van der Waals surface area contributed by atoms with Gasteiger partial charge in [-0.3, -0.25) is 14.5 Å². The SMILES string of the molecule is CCN1CCOCC1.Cc1ccc(C(=O)CCC(=O)O)cc1. The lowest BCUT2D eigenvalue weighted by molar-refractivity contribution is -0.136. The quantitative estimate of drug-likeness (QED) is 0.846. The first-order valence-corrected chi connectivity index (χ1v) is 7.64. The van der Waals surface area contributed by atoms with Crippen LogP contribution in [0.15, 0.2) is 24.3 Å². The Hall–Kier alpha value is -1.72.